The molecular formula is C20H40N2O4. The maximum Gasteiger partial charge on any atom is 0.252 e. The number of hydrogen-bond donors (Lipinski definition) is 4. The van der Waals surface area contributed by atoms with Gasteiger partial charge in [-0.1, -0.05) is 65.2 Å². The lowest BCUT2D eigenvalue weighted by atomic mass is 10.1. The van der Waals surface area contributed by atoms with Crippen LogP contribution in [0, 0.1) is 0 Å². The van der Waals surface area contributed by atoms with E-state index in [1.165, 1.54) is 12.8 Å². The van der Waals surface area contributed by atoms with Gasteiger partial charge in [-0.2, -0.15) is 0 Å². The number of hydrogen-bond acceptors (Lipinski definition) is 4. The highest BCUT2D eigenvalue weighted by Crippen LogP contribution is 2.07. The van der Waals surface area contributed by atoms with E-state index < -0.39 is 24.0 Å². The van der Waals surface area contributed by atoms with Crippen LogP contribution in [0.15, 0.2) is 0 Å². The fourth-order valence-corrected chi connectivity index (χ4v) is 2.84. The van der Waals surface area contributed by atoms with Crippen LogP contribution in [0.4, 0.5) is 0 Å². The number of rotatable bonds is 15. The van der Waals surface area contributed by atoms with Gasteiger partial charge in [0.1, 0.15) is 0 Å². The Kier molecular flexibility index (Phi) is 14.3. The third kappa shape index (κ3) is 11.5. The second kappa shape index (κ2) is 15.0. The molecule has 0 heterocycles. The predicted octanol–water partition coefficient (Wildman–Crippen LogP) is 2.66. The summed E-state index contributed by atoms with van der Waals surface area (Å²) in [6.45, 7) is 8.00. The van der Waals surface area contributed by atoms with Crippen molar-refractivity contribution in [2.24, 2.45) is 0 Å². The standard InChI is InChI=1S/C20H40N2O4/c1-5-7-9-11-13-15(3)21-19(25)17(23)18(24)20(26)22-16(4)14-12-10-8-6-2/h15-18,23-24H,5-14H2,1-4H3,(H,21,25)(H,22,26)/t15?,16?,17-,18-/m1/s1. The highest BCUT2D eigenvalue weighted by molar-refractivity contribution is 5.90. The van der Waals surface area contributed by atoms with Crippen molar-refractivity contribution < 1.29 is 19.8 Å². The SMILES string of the molecule is CCCCCCC(C)NC(=O)[C@H](O)[C@@H](O)C(=O)NC(C)CCCCCC. The van der Waals surface area contributed by atoms with Crippen molar-refractivity contribution in [1.29, 1.82) is 0 Å². The van der Waals surface area contributed by atoms with Gasteiger partial charge in [-0.3, -0.25) is 9.59 Å². The number of unbranched alkanes of at least 4 members (excludes halogenated alkanes) is 6. The van der Waals surface area contributed by atoms with Crippen LogP contribution in [0.2, 0.25) is 0 Å². The summed E-state index contributed by atoms with van der Waals surface area (Å²) in [6.07, 6.45) is 6.99. The lowest BCUT2D eigenvalue weighted by Gasteiger charge is -2.22. The monoisotopic (exact) mass is 372 g/mol. The molecule has 0 aromatic rings. The summed E-state index contributed by atoms with van der Waals surface area (Å²) < 4.78 is 0. The lowest BCUT2D eigenvalue weighted by molar-refractivity contribution is -0.146. The molecule has 0 bridgehead atoms. The zero-order valence-corrected chi connectivity index (χ0v) is 17.1. The highest BCUT2D eigenvalue weighted by Gasteiger charge is 2.31. The van der Waals surface area contributed by atoms with Crippen LogP contribution in [-0.2, 0) is 9.59 Å². The normalized spacial score (nSPS) is 15.8. The van der Waals surface area contributed by atoms with Gasteiger partial charge in [0.15, 0.2) is 12.2 Å². The molecule has 26 heavy (non-hydrogen) atoms. The number of carbonyl (C=O) groups is 2. The van der Waals surface area contributed by atoms with E-state index in [1.807, 2.05) is 13.8 Å². The molecule has 0 saturated heterocycles. The van der Waals surface area contributed by atoms with E-state index in [4.69, 9.17) is 0 Å². The maximum atomic E-state index is 12.0. The Bertz CT molecular complexity index is 354. The number of aliphatic hydroxyl groups is 2. The average Bonchev–Trinajstić information content (AvgIpc) is 2.61. The summed E-state index contributed by atoms with van der Waals surface area (Å²) in [4.78, 5) is 24.0. The fourth-order valence-electron chi connectivity index (χ4n) is 2.84. The molecule has 4 N–H and O–H groups in total. The van der Waals surface area contributed by atoms with Gasteiger partial charge in [-0.15, -0.1) is 0 Å². The van der Waals surface area contributed by atoms with Crippen molar-refractivity contribution in [3.63, 3.8) is 0 Å². The summed E-state index contributed by atoms with van der Waals surface area (Å²) in [6, 6.07) is -0.191. The maximum absolute atomic E-state index is 12.0. The Morgan fingerprint density at radius 2 is 1.04 bits per heavy atom. The molecule has 2 amide bonds. The topological polar surface area (TPSA) is 98.7 Å². The molecule has 154 valence electrons. The number of aliphatic hydroxyl groups excluding tert-OH is 2. The minimum atomic E-state index is -1.75. The molecule has 0 aromatic heterocycles. The molecular weight excluding hydrogens is 332 g/mol. The number of amides is 2. The first kappa shape index (κ1) is 24.9. The first-order chi connectivity index (χ1) is 12.3. The van der Waals surface area contributed by atoms with Crippen LogP contribution in [0.3, 0.4) is 0 Å². The first-order valence-corrected chi connectivity index (χ1v) is 10.3. The smallest absolute Gasteiger partial charge is 0.252 e. The van der Waals surface area contributed by atoms with Gasteiger partial charge in [-0.05, 0) is 26.7 Å². The molecule has 0 aliphatic rings. The first-order valence-electron chi connectivity index (χ1n) is 10.3. The Morgan fingerprint density at radius 1 is 0.692 bits per heavy atom. The molecule has 0 saturated carbocycles. The molecule has 0 radical (unpaired) electrons. The predicted molar refractivity (Wildman–Crippen MR) is 105 cm³/mol. The molecule has 0 rings (SSSR count). The molecule has 0 aromatic carbocycles. The van der Waals surface area contributed by atoms with Crippen LogP contribution >= 0.6 is 0 Å². The Hall–Kier alpha value is -1.14. The summed E-state index contributed by atoms with van der Waals surface area (Å²) in [5, 5.41) is 25.2. The van der Waals surface area contributed by atoms with E-state index in [0.29, 0.717) is 0 Å². The van der Waals surface area contributed by atoms with E-state index in [9.17, 15) is 19.8 Å². The largest absolute Gasteiger partial charge is 0.380 e. The zero-order valence-electron chi connectivity index (χ0n) is 17.1. The van der Waals surface area contributed by atoms with Gasteiger partial charge in [0.2, 0.25) is 0 Å². The van der Waals surface area contributed by atoms with E-state index in [1.54, 1.807) is 0 Å². The average molecular weight is 373 g/mol. The van der Waals surface area contributed by atoms with Crippen molar-refractivity contribution in [2.75, 3.05) is 0 Å². The second-order valence-corrected chi connectivity index (χ2v) is 7.41. The molecule has 6 nitrogen and oxygen atoms in total. The van der Waals surface area contributed by atoms with Crippen LogP contribution < -0.4 is 10.6 Å². The molecule has 0 spiro atoms. The van der Waals surface area contributed by atoms with Crippen molar-refractivity contribution >= 4 is 11.8 Å². The number of carbonyl (C=O) groups excluding carboxylic acids is 2. The molecule has 2 unspecified atom stereocenters. The van der Waals surface area contributed by atoms with Gasteiger partial charge < -0.3 is 20.8 Å². The molecule has 6 heteroatoms. The van der Waals surface area contributed by atoms with Gasteiger partial charge in [0.05, 0.1) is 0 Å². The van der Waals surface area contributed by atoms with E-state index in [2.05, 4.69) is 24.5 Å². The van der Waals surface area contributed by atoms with Crippen molar-refractivity contribution in [2.45, 2.75) is 116 Å². The lowest BCUT2D eigenvalue weighted by Crippen LogP contribution is -2.52. The van der Waals surface area contributed by atoms with Gasteiger partial charge in [-0.25, -0.2) is 0 Å². The summed E-state index contributed by atoms with van der Waals surface area (Å²) in [5.41, 5.74) is 0. The van der Waals surface area contributed by atoms with E-state index in [-0.39, 0.29) is 12.1 Å². The van der Waals surface area contributed by atoms with E-state index in [0.717, 1.165) is 51.4 Å². The summed E-state index contributed by atoms with van der Waals surface area (Å²) in [5.74, 6) is -1.41. The molecule has 4 atom stereocenters. The van der Waals surface area contributed by atoms with Gasteiger partial charge in [0, 0.05) is 12.1 Å². The fraction of sp³-hybridized carbons (Fsp3) is 0.900. The minimum absolute atomic E-state index is 0.0956. The number of nitrogens with one attached hydrogen (secondary N) is 2. The third-order valence-corrected chi connectivity index (χ3v) is 4.60. The minimum Gasteiger partial charge on any atom is -0.380 e. The van der Waals surface area contributed by atoms with Crippen LogP contribution in [0.25, 0.3) is 0 Å². The highest BCUT2D eigenvalue weighted by atomic mass is 16.3. The molecule has 0 aliphatic carbocycles. The van der Waals surface area contributed by atoms with Crippen LogP contribution in [-0.4, -0.2) is 46.3 Å². The zero-order chi connectivity index (χ0) is 19.9. The Balaban J connectivity index is 4.18. The second-order valence-electron chi connectivity index (χ2n) is 7.41. The van der Waals surface area contributed by atoms with Crippen LogP contribution in [0.5, 0.6) is 0 Å². The molecule has 0 fully saturated rings. The third-order valence-electron chi connectivity index (χ3n) is 4.60. The van der Waals surface area contributed by atoms with Crippen LogP contribution in [0.1, 0.15) is 91.9 Å². The quantitative estimate of drug-likeness (QED) is 0.332. The molecule has 0 aliphatic heterocycles. The Labute approximate surface area is 159 Å². The van der Waals surface area contributed by atoms with Crippen molar-refractivity contribution in [3.8, 4) is 0 Å². The Morgan fingerprint density at radius 3 is 1.35 bits per heavy atom. The summed E-state index contributed by atoms with van der Waals surface area (Å²) >= 11 is 0. The summed E-state index contributed by atoms with van der Waals surface area (Å²) in [7, 11) is 0. The van der Waals surface area contributed by atoms with E-state index >= 15 is 0 Å². The van der Waals surface area contributed by atoms with Gasteiger partial charge >= 0.3 is 0 Å². The van der Waals surface area contributed by atoms with Crippen molar-refractivity contribution in [1.82, 2.24) is 10.6 Å². The van der Waals surface area contributed by atoms with Gasteiger partial charge in [0.25, 0.3) is 11.8 Å². The van der Waals surface area contributed by atoms with Crippen molar-refractivity contribution in [3.05, 3.63) is 0 Å².